The minimum Gasteiger partial charge on any atom is -0.321 e. The van der Waals surface area contributed by atoms with Crippen LogP contribution in [0.4, 0.5) is 5.69 Å². The number of anilines is 1. The van der Waals surface area contributed by atoms with Gasteiger partial charge in [0.1, 0.15) is 0 Å². The Labute approximate surface area is 168 Å². The van der Waals surface area contributed by atoms with E-state index in [1.165, 1.54) is 11.1 Å². The third-order valence-electron chi connectivity index (χ3n) is 3.92. The summed E-state index contributed by atoms with van der Waals surface area (Å²) in [6.07, 6.45) is 2.72. The number of fused-ring (bicyclic) bond motifs is 1. The number of amides is 1. The predicted molar refractivity (Wildman–Crippen MR) is 111 cm³/mol. The van der Waals surface area contributed by atoms with Crippen LogP contribution < -0.4 is 5.32 Å². The summed E-state index contributed by atoms with van der Waals surface area (Å²) in [5.41, 5.74) is 4.95. The highest BCUT2D eigenvalue weighted by molar-refractivity contribution is 14.1. The van der Waals surface area contributed by atoms with Crippen LogP contribution in [0.15, 0.2) is 30.5 Å². The van der Waals surface area contributed by atoms with Crippen LogP contribution in [0.3, 0.4) is 0 Å². The lowest BCUT2D eigenvalue weighted by Crippen LogP contribution is -2.27. The average Bonchev–Trinajstić information content (AvgIpc) is 2.49. The third-order valence-corrected chi connectivity index (χ3v) is 5.08. The van der Waals surface area contributed by atoms with Crippen LogP contribution in [-0.2, 0) is 13.0 Å². The summed E-state index contributed by atoms with van der Waals surface area (Å²) < 4.78 is 1.09. The number of aromatic nitrogens is 1. The second kappa shape index (κ2) is 8.99. The largest absolute Gasteiger partial charge is 0.321 e. The summed E-state index contributed by atoms with van der Waals surface area (Å²) in [4.78, 5) is 19.1. The van der Waals surface area contributed by atoms with Gasteiger partial charge >= 0.3 is 0 Å². The van der Waals surface area contributed by atoms with Crippen molar-refractivity contribution >= 4 is 59.0 Å². The molecule has 1 aliphatic heterocycles. The number of nitrogens with one attached hydrogen (secondary N) is 1. The van der Waals surface area contributed by atoms with E-state index < -0.39 is 0 Å². The predicted octanol–water partition coefficient (Wildman–Crippen LogP) is 4.08. The number of benzene rings is 1. The maximum atomic E-state index is 12.4. The van der Waals surface area contributed by atoms with Crippen molar-refractivity contribution in [1.29, 1.82) is 0 Å². The topological polar surface area (TPSA) is 45.2 Å². The van der Waals surface area contributed by atoms with Gasteiger partial charge in [-0.3, -0.25) is 9.78 Å². The third kappa shape index (κ3) is 4.81. The molecular formula is C17H20Cl2IN3O. The van der Waals surface area contributed by atoms with Gasteiger partial charge < -0.3 is 10.2 Å². The van der Waals surface area contributed by atoms with Crippen LogP contribution in [0.25, 0.3) is 0 Å². The van der Waals surface area contributed by atoms with Crippen molar-refractivity contribution in [3.8, 4) is 0 Å². The zero-order valence-electron chi connectivity index (χ0n) is 13.5. The SMILES string of the molecule is Cc1ccc(C(=O)Nc2cnc3c(c2)CN(C)CC3)cc1I.Cl.Cl. The molecule has 1 aromatic heterocycles. The molecule has 0 atom stereocenters. The Kier molecular flexibility index (Phi) is 7.92. The van der Waals surface area contributed by atoms with Crippen molar-refractivity contribution in [3.63, 3.8) is 0 Å². The maximum Gasteiger partial charge on any atom is 0.255 e. The first-order valence-corrected chi connectivity index (χ1v) is 8.34. The Hall–Kier alpha value is -0.890. The van der Waals surface area contributed by atoms with Gasteiger partial charge in [0.25, 0.3) is 5.91 Å². The van der Waals surface area contributed by atoms with Crippen molar-refractivity contribution in [3.05, 3.63) is 56.4 Å². The molecule has 4 nitrogen and oxygen atoms in total. The first kappa shape index (κ1) is 21.2. The fourth-order valence-corrected chi connectivity index (χ4v) is 3.09. The second-order valence-electron chi connectivity index (χ2n) is 5.74. The number of carbonyl (C=O) groups is 1. The van der Waals surface area contributed by atoms with E-state index in [1.54, 1.807) is 6.20 Å². The second-order valence-corrected chi connectivity index (χ2v) is 6.90. The van der Waals surface area contributed by atoms with Crippen molar-refractivity contribution in [2.45, 2.75) is 19.9 Å². The number of nitrogens with zero attached hydrogens (tertiary/aromatic N) is 2. The van der Waals surface area contributed by atoms with Gasteiger partial charge in [-0.05, 0) is 65.9 Å². The molecule has 2 heterocycles. The molecule has 3 rings (SSSR count). The molecule has 1 N–H and O–H groups in total. The summed E-state index contributed by atoms with van der Waals surface area (Å²) in [5, 5.41) is 2.95. The van der Waals surface area contributed by atoms with Crippen molar-refractivity contribution in [1.82, 2.24) is 9.88 Å². The molecule has 0 unspecified atom stereocenters. The Bertz CT molecular complexity index is 740. The molecular weight excluding hydrogens is 460 g/mol. The van der Waals surface area contributed by atoms with Crippen molar-refractivity contribution < 1.29 is 4.79 Å². The quantitative estimate of drug-likeness (QED) is 0.660. The number of pyridine rings is 1. The molecule has 0 saturated heterocycles. The molecule has 1 aliphatic rings. The summed E-state index contributed by atoms with van der Waals surface area (Å²) >= 11 is 2.25. The van der Waals surface area contributed by atoms with Crippen molar-refractivity contribution in [2.24, 2.45) is 0 Å². The molecule has 24 heavy (non-hydrogen) atoms. The van der Waals surface area contributed by atoms with Crippen LogP contribution in [0.1, 0.15) is 27.2 Å². The molecule has 7 heteroatoms. The minimum absolute atomic E-state index is 0. The highest BCUT2D eigenvalue weighted by atomic mass is 127. The lowest BCUT2D eigenvalue weighted by molar-refractivity contribution is 0.102. The van der Waals surface area contributed by atoms with Crippen LogP contribution in [-0.4, -0.2) is 29.4 Å². The summed E-state index contributed by atoms with van der Waals surface area (Å²) in [5.74, 6) is -0.0937. The average molecular weight is 480 g/mol. The highest BCUT2D eigenvalue weighted by Crippen LogP contribution is 2.20. The number of aryl methyl sites for hydroxylation is 1. The molecule has 0 saturated carbocycles. The number of halogens is 3. The van der Waals surface area contributed by atoms with E-state index in [2.05, 4.69) is 44.8 Å². The first-order chi connectivity index (χ1) is 10.5. The van der Waals surface area contributed by atoms with Gasteiger partial charge in [0, 0.05) is 34.3 Å². The fourth-order valence-electron chi connectivity index (χ4n) is 2.57. The molecule has 0 bridgehead atoms. The van der Waals surface area contributed by atoms with E-state index in [1.807, 2.05) is 31.2 Å². The van der Waals surface area contributed by atoms with Crippen LogP contribution >= 0.6 is 47.4 Å². The van der Waals surface area contributed by atoms with E-state index in [0.29, 0.717) is 5.56 Å². The molecule has 1 aromatic carbocycles. The lowest BCUT2D eigenvalue weighted by Gasteiger charge is -2.24. The van der Waals surface area contributed by atoms with Crippen LogP contribution in [0, 0.1) is 10.5 Å². The van der Waals surface area contributed by atoms with Gasteiger partial charge in [0.15, 0.2) is 0 Å². The summed E-state index contributed by atoms with van der Waals surface area (Å²) in [6, 6.07) is 7.77. The van der Waals surface area contributed by atoms with Gasteiger partial charge in [-0.25, -0.2) is 0 Å². The van der Waals surface area contributed by atoms with Gasteiger partial charge in [0.2, 0.25) is 0 Å². The van der Waals surface area contributed by atoms with E-state index in [4.69, 9.17) is 0 Å². The van der Waals surface area contributed by atoms with Gasteiger partial charge in [-0.2, -0.15) is 0 Å². The van der Waals surface area contributed by atoms with Crippen molar-refractivity contribution in [2.75, 3.05) is 18.9 Å². The number of hydrogen-bond acceptors (Lipinski definition) is 3. The summed E-state index contributed by atoms with van der Waals surface area (Å²) in [7, 11) is 2.10. The molecule has 0 aliphatic carbocycles. The molecule has 1 amide bonds. The van der Waals surface area contributed by atoms with E-state index in [-0.39, 0.29) is 30.7 Å². The van der Waals surface area contributed by atoms with Crippen LogP contribution in [0.5, 0.6) is 0 Å². The van der Waals surface area contributed by atoms with Gasteiger partial charge in [-0.15, -0.1) is 24.8 Å². The van der Waals surface area contributed by atoms with E-state index in [0.717, 1.165) is 34.5 Å². The molecule has 130 valence electrons. The zero-order valence-corrected chi connectivity index (χ0v) is 17.3. The smallest absolute Gasteiger partial charge is 0.255 e. The Morgan fingerprint density at radius 1 is 1.29 bits per heavy atom. The monoisotopic (exact) mass is 479 g/mol. The fraction of sp³-hybridized carbons (Fsp3) is 0.294. The number of rotatable bonds is 2. The first-order valence-electron chi connectivity index (χ1n) is 7.27. The summed E-state index contributed by atoms with van der Waals surface area (Å²) in [6.45, 7) is 3.95. The molecule has 2 aromatic rings. The Balaban J connectivity index is 0.00000144. The zero-order chi connectivity index (χ0) is 15.7. The Morgan fingerprint density at radius 3 is 2.75 bits per heavy atom. The number of likely N-dealkylation sites (N-methyl/N-ethyl adjacent to an activating group) is 1. The number of carbonyl (C=O) groups excluding carboxylic acids is 1. The standard InChI is InChI=1S/C17H18IN3O.2ClH/c1-11-3-4-12(8-15(11)18)17(22)20-14-7-13-10-21(2)6-5-16(13)19-9-14;;/h3-4,7-9H,5-6,10H2,1-2H3,(H,20,22);2*1H. The minimum atomic E-state index is -0.0937. The Morgan fingerprint density at radius 2 is 2.04 bits per heavy atom. The molecule has 0 radical (unpaired) electrons. The number of hydrogen-bond donors (Lipinski definition) is 1. The molecule has 0 spiro atoms. The van der Waals surface area contributed by atoms with Gasteiger partial charge in [-0.1, -0.05) is 6.07 Å². The van der Waals surface area contributed by atoms with E-state index in [9.17, 15) is 4.79 Å². The lowest BCUT2D eigenvalue weighted by atomic mass is 10.1. The van der Waals surface area contributed by atoms with Gasteiger partial charge in [0.05, 0.1) is 11.9 Å². The van der Waals surface area contributed by atoms with E-state index >= 15 is 0 Å². The maximum absolute atomic E-state index is 12.4. The van der Waals surface area contributed by atoms with Crippen LogP contribution in [0.2, 0.25) is 0 Å². The highest BCUT2D eigenvalue weighted by Gasteiger charge is 2.15. The normalized spacial score (nSPS) is 13.3. The molecule has 0 fully saturated rings.